The molecule has 2 rings (SSSR count). The van der Waals surface area contributed by atoms with Gasteiger partial charge in [-0.3, -0.25) is 0 Å². The number of nitrogens with zero attached hydrogens (tertiary/aromatic N) is 2. The van der Waals surface area contributed by atoms with Gasteiger partial charge in [0.05, 0.1) is 17.6 Å². The zero-order valence-electron chi connectivity index (χ0n) is 10.4. The summed E-state index contributed by atoms with van der Waals surface area (Å²) < 4.78 is 7.65. The molecule has 1 heterocycles. The topological polar surface area (TPSA) is 39.1 Å². The molecule has 1 saturated carbocycles. The molecule has 1 N–H and O–H groups in total. The molecule has 0 bridgehead atoms. The van der Waals surface area contributed by atoms with E-state index in [1.165, 1.54) is 18.5 Å². The number of aromatic nitrogens is 2. The number of nitrogens with one attached hydrogen (secondary N) is 1. The zero-order chi connectivity index (χ0) is 11.6. The molecule has 90 valence electrons. The van der Waals surface area contributed by atoms with Crippen molar-refractivity contribution in [2.45, 2.75) is 44.9 Å². The smallest absolute Gasteiger partial charge is 0.0951 e. The normalized spacial score (nSPS) is 16.7. The molecule has 1 aliphatic rings. The molecule has 16 heavy (non-hydrogen) atoms. The van der Waals surface area contributed by atoms with Crippen molar-refractivity contribution in [3.8, 4) is 0 Å². The van der Waals surface area contributed by atoms with Gasteiger partial charge in [0.15, 0.2) is 0 Å². The highest BCUT2D eigenvalue weighted by atomic mass is 16.5. The van der Waals surface area contributed by atoms with Crippen LogP contribution in [0, 0.1) is 0 Å². The molecule has 1 aromatic heterocycles. The van der Waals surface area contributed by atoms with Gasteiger partial charge in [-0.05, 0) is 26.7 Å². The number of imidazole rings is 1. The van der Waals surface area contributed by atoms with Crippen LogP contribution in [0.2, 0.25) is 0 Å². The van der Waals surface area contributed by atoms with Crippen LogP contribution in [0.5, 0.6) is 0 Å². The zero-order valence-corrected chi connectivity index (χ0v) is 10.4. The van der Waals surface area contributed by atoms with Crippen molar-refractivity contribution in [2.75, 3.05) is 13.7 Å². The van der Waals surface area contributed by atoms with E-state index in [9.17, 15) is 0 Å². The molecular formula is C12H21N3O. The van der Waals surface area contributed by atoms with Gasteiger partial charge in [-0.2, -0.15) is 0 Å². The lowest BCUT2D eigenvalue weighted by Crippen LogP contribution is -2.36. The molecule has 0 radical (unpaired) electrons. The first-order valence-corrected chi connectivity index (χ1v) is 5.89. The predicted molar refractivity (Wildman–Crippen MR) is 63.3 cm³/mol. The summed E-state index contributed by atoms with van der Waals surface area (Å²) in [7, 11) is 1.75. The van der Waals surface area contributed by atoms with Crippen LogP contribution < -0.4 is 5.32 Å². The maximum absolute atomic E-state index is 5.36. The fraction of sp³-hybridized carbons (Fsp3) is 0.750. The van der Waals surface area contributed by atoms with Crippen LogP contribution in [0.15, 0.2) is 12.5 Å². The van der Waals surface area contributed by atoms with Gasteiger partial charge in [-0.25, -0.2) is 4.98 Å². The van der Waals surface area contributed by atoms with Crippen LogP contribution in [0.4, 0.5) is 0 Å². The number of ether oxygens (including phenoxy) is 1. The molecule has 0 saturated heterocycles. The molecule has 0 amide bonds. The molecule has 0 aromatic carbocycles. The van der Waals surface area contributed by atoms with Gasteiger partial charge in [-0.1, -0.05) is 0 Å². The predicted octanol–water partition coefficient (Wildman–Crippen LogP) is 1.73. The lowest BCUT2D eigenvalue weighted by Gasteiger charge is -2.23. The van der Waals surface area contributed by atoms with E-state index in [0.717, 1.165) is 13.1 Å². The number of hydrogen-bond acceptors (Lipinski definition) is 3. The Labute approximate surface area is 97.0 Å². The summed E-state index contributed by atoms with van der Waals surface area (Å²) in [4.78, 5) is 4.21. The summed E-state index contributed by atoms with van der Waals surface area (Å²) in [6.45, 7) is 5.87. The van der Waals surface area contributed by atoms with Crippen LogP contribution in [0.3, 0.4) is 0 Å². The number of methoxy groups -OCH3 is 1. The van der Waals surface area contributed by atoms with Crippen LogP contribution in [-0.2, 0) is 11.3 Å². The van der Waals surface area contributed by atoms with Crippen LogP contribution in [0.25, 0.3) is 0 Å². The fourth-order valence-corrected chi connectivity index (χ4v) is 1.71. The summed E-state index contributed by atoms with van der Waals surface area (Å²) in [6.07, 6.45) is 6.49. The largest absolute Gasteiger partial charge is 0.377 e. The Kier molecular flexibility index (Phi) is 3.30. The quantitative estimate of drug-likeness (QED) is 0.798. The standard InChI is InChI=1S/C12H21N3O/c1-12(2,16-3)8-13-6-11-7-14-9-15(11)10-4-5-10/h7,9-10,13H,4-6,8H2,1-3H3. The summed E-state index contributed by atoms with van der Waals surface area (Å²) >= 11 is 0. The molecule has 4 nitrogen and oxygen atoms in total. The van der Waals surface area contributed by atoms with E-state index in [-0.39, 0.29) is 5.60 Å². The third-order valence-corrected chi connectivity index (χ3v) is 3.10. The fourth-order valence-electron chi connectivity index (χ4n) is 1.71. The van der Waals surface area contributed by atoms with E-state index in [2.05, 4.69) is 28.7 Å². The van der Waals surface area contributed by atoms with E-state index >= 15 is 0 Å². The van der Waals surface area contributed by atoms with Gasteiger partial charge < -0.3 is 14.6 Å². The Morgan fingerprint density at radius 1 is 1.56 bits per heavy atom. The van der Waals surface area contributed by atoms with E-state index in [1.807, 2.05) is 12.5 Å². The molecule has 0 aliphatic heterocycles. The molecule has 1 aromatic rings. The number of hydrogen-bond donors (Lipinski definition) is 1. The molecule has 0 atom stereocenters. The van der Waals surface area contributed by atoms with Crippen LogP contribution >= 0.6 is 0 Å². The van der Waals surface area contributed by atoms with E-state index in [0.29, 0.717) is 6.04 Å². The Hall–Kier alpha value is -0.870. The summed E-state index contributed by atoms with van der Waals surface area (Å²) in [6, 6.07) is 0.703. The molecule has 0 spiro atoms. The molecule has 1 fully saturated rings. The van der Waals surface area contributed by atoms with Gasteiger partial charge in [-0.15, -0.1) is 0 Å². The molecule has 4 heteroatoms. The van der Waals surface area contributed by atoms with Crippen molar-refractivity contribution in [1.29, 1.82) is 0 Å². The lowest BCUT2D eigenvalue weighted by atomic mass is 10.1. The van der Waals surface area contributed by atoms with Crippen LogP contribution in [-0.4, -0.2) is 28.8 Å². The second-order valence-corrected chi connectivity index (χ2v) is 5.09. The van der Waals surface area contributed by atoms with Gasteiger partial charge in [0.2, 0.25) is 0 Å². The highest BCUT2D eigenvalue weighted by molar-refractivity contribution is 5.03. The summed E-state index contributed by atoms with van der Waals surface area (Å²) in [5, 5.41) is 3.42. The third kappa shape index (κ3) is 2.83. The molecular weight excluding hydrogens is 202 g/mol. The second-order valence-electron chi connectivity index (χ2n) is 5.09. The highest BCUT2D eigenvalue weighted by Crippen LogP contribution is 2.35. The Morgan fingerprint density at radius 2 is 2.31 bits per heavy atom. The first-order chi connectivity index (χ1) is 7.62. The third-order valence-electron chi connectivity index (χ3n) is 3.10. The summed E-state index contributed by atoms with van der Waals surface area (Å²) in [5.41, 5.74) is 1.17. The van der Waals surface area contributed by atoms with Crippen molar-refractivity contribution in [3.05, 3.63) is 18.2 Å². The minimum absolute atomic E-state index is 0.107. The molecule has 0 unspecified atom stereocenters. The van der Waals surface area contributed by atoms with Crippen molar-refractivity contribution < 1.29 is 4.74 Å². The van der Waals surface area contributed by atoms with Crippen molar-refractivity contribution >= 4 is 0 Å². The van der Waals surface area contributed by atoms with Crippen molar-refractivity contribution in [2.24, 2.45) is 0 Å². The first kappa shape index (κ1) is 11.6. The highest BCUT2D eigenvalue weighted by Gasteiger charge is 2.25. The minimum atomic E-state index is -0.107. The maximum Gasteiger partial charge on any atom is 0.0951 e. The van der Waals surface area contributed by atoms with E-state index < -0.39 is 0 Å². The monoisotopic (exact) mass is 223 g/mol. The van der Waals surface area contributed by atoms with Gasteiger partial charge in [0.25, 0.3) is 0 Å². The Balaban J connectivity index is 1.83. The van der Waals surface area contributed by atoms with Gasteiger partial charge in [0, 0.05) is 32.4 Å². The Morgan fingerprint density at radius 3 is 2.94 bits per heavy atom. The van der Waals surface area contributed by atoms with E-state index in [4.69, 9.17) is 4.74 Å². The van der Waals surface area contributed by atoms with Gasteiger partial charge >= 0.3 is 0 Å². The molecule has 1 aliphatic carbocycles. The maximum atomic E-state index is 5.36. The average Bonchev–Trinajstić information content (AvgIpc) is 2.99. The van der Waals surface area contributed by atoms with Crippen molar-refractivity contribution in [1.82, 2.24) is 14.9 Å². The first-order valence-electron chi connectivity index (χ1n) is 5.89. The number of rotatable bonds is 6. The second kappa shape index (κ2) is 4.55. The SMILES string of the molecule is COC(C)(C)CNCc1cncn1C1CC1. The van der Waals surface area contributed by atoms with Crippen molar-refractivity contribution in [3.63, 3.8) is 0 Å². The van der Waals surface area contributed by atoms with Crippen LogP contribution in [0.1, 0.15) is 38.4 Å². The lowest BCUT2D eigenvalue weighted by molar-refractivity contribution is 0.0229. The van der Waals surface area contributed by atoms with Gasteiger partial charge in [0.1, 0.15) is 0 Å². The average molecular weight is 223 g/mol. The summed E-state index contributed by atoms with van der Waals surface area (Å²) in [5.74, 6) is 0. The minimum Gasteiger partial charge on any atom is -0.377 e. The van der Waals surface area contributed by atoms with E-state index in [1.54, 1.807) is 7.11 Å². The Bertz CT molecular complexity index is 342.